The molecule has 1 fully saturated rings. The summed E-state index contributed by atoms with van der Waals surface area (Å²) in [6.45, 7) is 0.888. The fourth-order valence-electron chi connectivity index (χ4n) is 4.15. The predicted octanol–water partition coefficient (Wildman–Crippen LogP) is 3.69. The first-order valence-electron chi connectivity index (χ1n) is 10.0. The maximum absolute atomic E-state index is 13.4. The van der Waals surface area contributed by atoms with Gasteiger partial charge >= 0.3 is 6.18 Å². The number of piperidine rings is 1. The van der Waals surface area contributed by atoms with Gasteiger partial charge in [0.25, 0.3) is 11.8 Å². The lowest BCUT2D eigenvalue weighted by atomic mass is 9.97. The largest absolute Gasteiger partial charge is 0.416 e. The number of imide groups is 1. The summed E-state index contributed by atoms with van der Waals surface area (Å²) in [4.78, 5) is 29.4. The third-order valence-electron chi connectivity index (χ3n) is 5.65. The van der Waals surface area contributed by atoms with Crippen LogP contribution in [0, 0.1) is 5.92 Å². The van der Waals surface area contributed by atoms with Crippen LogP contribution in [-0.4, -0.2) is 41.5 Å². The van der Waals surface area contributed by atoms with E-state index in [2.05, 4.69) is 0 Å². The quantitative estimate of drug-likeness (QED) is 0.752. The van der Waals surface area contributed by atoms with Crippen molar-refractivity contribution in [2.75, 3.05) is 24.6 Å². The molecule has 2 heterocycles. The van der Waals surface area contributed by atoms with Gasteiger partial charge in [0.1, 0.15) is 5.70 Å². The summed E-state index contributed by atoms with van der Waals surface area (Å²) in [5.74, 6) is -1.35. The molecule has 162 valence electrons. The van der Waals surface area contributed by atoms with Gasteiger partial charge in [-0.3, -0.25) is 9.59 Å². The fraction of sp³-hybridized carbons (Fsp3) is 0.304. The van der Waals surface area contributed by atoms with E-state index in [9.17, 15) is 27.9 Å². The number of alkyl halides is 3. The standard InChI is InChI=1S/C23H21F3N2O3/c24-23(25,26)17-9-4-10-18(12-17)28-21(30)19(16-7-2-1-3-8-16)20(22(28)31)27-11-5-6-15(13-27)14-29/h1-4,7-10,12,15,29H,5-6,11,13-14H2. The molecule has 4 rings (SSSR count). The first-order valence-corrected chi connectivity index (χ1v) is 10.0. The Balaban J connectivity index is 1.80. The topological polar surface area (TPSA) is 60.9 Å². The van der Waals surface area contributed by atoms with Crippen molar-refractivity contribution < 1.29 is 27.9 Å². The monoisotopic (exact) mass is 430 g/mol. The van der Waals surface area contributed by atoms with Crippen molar-refractivity contribution >= 4 is 23.1 Å². The molecular formula is C23H21F3N2O3. The van der Waals surface area contributed by atoms with Crippen molar-refractivity contribution in [3.63, 3.8) is 0 Å². The van der Waals surface area contributed by atoms with Crippen molar-refractivity contribution in [2.24, 2.45) is 5.92 Å². The molecule has 0 bridgehead atoms. The summed E-state index contributed by atoms with van der Waals surface area (Å²) in [5.41, 5.74) is -0.188. The number of likely N-dealkylation sites (tertiary alicyclic amines) is 1. The first kappa shape index (κ1) is 21.1. The maximum atomic E-state index is 13.4. The molecule has 0 aromatic heterocycles. The normalized spacial score (nSPS) is 20.1. The molecule has 1 atom stereocenters. The molecular weight excluding hydrogens is 409 g/mol. The minimum absolute atomic E-state index is 0.0378. The molecule has 2 aliphatic heterocycles. The lowest BCUT2D eigenvalue weighted by Gasteiger charge is -2.34. The number of halogens is 3. The van der Waals surface area contributed by atoms with Crippen LogP contribution in [0.1, 0.15) is 24.0 Å². The van der Waals surface area contributed by atoms with Gasteiger partial charge in [-0.1, -0.05) is 36.4 Å². The van der Waals surface area contributed by atoms with Crippen molar-refractivity contribution in [3.8, 4) is 0 Å². The average molecular weight is 430 g/mol. The van der Waals surface area contributed by atoms with Crippen LogP contribution in [0.2, 0.25) is 0 Å². The lowest BCUT2D eigenvalue weighted by molar-refractivity contribution is -0.137. The second-order valence-corrected chi connectivity index (χ2v) is 7.72. The molecule has 2 aromatic rings. The average Bonchev–Trinajstić information content (AvgIpc) is 3.04. The number of nitrogens with zero attached hydrogens (tertiary/aromatic N) is 2. The number of hydrogen-bond acceptors (Lipinski definition) is 4. The predicted molar refractivity (Wildman–Crippen MR) is 109 cm³/mol. The summed E-state index contributed by atoms with van der Waals surface area (Å²) in [6, 6.07) is 12.9. The smallest absolute Gasteiger partial charge is 0.396 e. The Morgan fingerprint density at radius 3 is 2.42 bits per heavy atom. The highest BCUT2D eigenvalue weighted by atomic mass is 19.4. The molecule has 0 aliphatic carbocycles. The van der Waals surface area contributed by atoms with Crippen LogP contribution in [0.5, 0.6) is 0 Å². The molecule has 5 nitrogen and oxygen atoms in total. The zero-order valence-electron chi connectivity index (χ0n) is 16.6. The van der Waals surface area contributed by atoms with E-state index in [1.807, 2.05) is 0 Å². The number of hydrogen-bond donors (Lipinski definition) is 1. The Morgan fingerprint density at radius 1 is 1.00 bits per heavy atom. The minimum atomic E-state index is -4.60. The van der Waals surface area contributed by atoms with E-state index in [0.29, 0.717) is 18.7 Å². The number of rotatable bonds is 4. The fourth-order valence-corrected chi connectivity index (χ4v) is 4.15. The number of carbonyl (C=O) groups is 2. The molecule has 0 saturated carbocycles. The number of benzene rings is 2. The number of aliphatic hydroxyl groups excluding tert-OH is 1. The van der Waals surface area contributed by atoms with Gasteiger partial charge in [0.2, 0.25) is 0 Å². The van der Waals surface area contributed by atoms with Gasteiger partial charge in [-0.2, -0.15) is 13.2 Å². The van der Waals surface area contributed by atoms with Crippen LogP contribution in [0.15, 0.2) is 60.3 Å². The van der Waals surface area contributed by atoms with Crippen LogP contribution < -0.4 is 4.90 Å². The molecule has 31 heavy (non-hydrogen) atoms. The summed E-state index contributed by atoms with van der Waals surface area (Å²) in [5, 5.41) is 9.58. The van der Waals surface area contributed by atoms with Gasteiger partial charge in [-0.05, 0) is 42.5 Å². The van der Waals surface area contributed by atoms with E-state index in [0.717, 1.165) is 29.9 Å². The third-order valence-corrected chi connectivity index (χ3v) is 5.65. The van der Waals surface area contributed by atoms with Gasteiger partial charge < -0.3 is 10.0 Å². The molecule has 1 N–H and O–H groups in total. The lowest BCUT2D eigenvalue weighted by Crippen LogP contribution is -2.40. The number of amides is 2. The second-order valence-electron chi connectivity index (χ2n) is 7.72. The summed E-state index contributed by atoms with van der Waals surface area (Å²) in [6.07, 6.45) is -3.05. The highest BCUT2D eigenvalue weighted by Gasteiger charge is 2.44. The van der Waals surface area contributed by atoms with Crippen LogP contribution in [0.4, 0.5) is 18.9 Å². The van der Waals surface area contributed by atoms with Gasteiger partial charge in [-0.15, -0.1) is 0 Å². The SMILES string of the molecule is O=C1C(c2ccccc2)=C(N2CCCC(CO)C2)C(=O)N1c1cccc(C(F)(F)F)c1. The van der Waals surface area contributed by atoms with Gasteiger partial charge in [0, 0.05) is 19.7 Å². The molecule has 0 radical (unpaired) electrons. The van der Waals surface area contributed by atoms with Crippen LogP contribution in [0.25, 0.3) is 5.57 Å². The summed E-state index contributed by atoms with van der Waals surface area (Å²) < 4.78 is 39.6. The van der Waals surface area contributed by atoms with E-state index in [1.54, 1.807) is 35.2 Å². The minimum Gasteiger partial charge on any atom is -0.396 e. The summed E-state index contributed by atoms with van der Waals surface area (Å²) >= 11 is 0. The second kappa shape index (κ2) is 8.19. The van der Waals surface area contributed by atoms with E-state index < -0.39 is 23.6 Å². The van der Waals surface area contributed by atoms with Crippen molar-refractivity contribution in [1.82, 2.24) is 4.90 Å². The zero-order valence-corrected chi connectivity index (χ0v) is 16.6. The number of anilines is 1. The third kappa shape index (κ3) is 3.95. The van der Waals surface area contributed by atoms with Crippen molar-refractivity contribution in [2.45, 2.75) is 19.0 Å². The van der Waals surface area contributed by atoms with E-state index in [4.69, 9.17) is 0 Å². The molecule has 8 heteroatoms. The molecule has 2 aromatic carbocycles. The van der Waals surface area contributed by atoms with Gasteiger partial charge in [0.05, 0.1) is 16.8 Å². The zero-order chi connectivity index (χ0) is 22.2. The van der Waals surface area contributed by atoms with E-state index in [-0.39, 0.29) is 29.5 Å². The first-order chi connectivity index (χ1) is 14.8. The van der Waals surface area contributed by atoms with E-state index in [1.165, 1.54) is 12.1 Å². The highest BCUT2D eigenvalue weighted by molar-refractivity contribution is 6.45. The Labute approximate surface area is 177 Å². The van der Waals surface area contributed by atoms with Crippen molar-refractivity contribution in [3.05, 3.63) is 71.4 Å². The molecule has 2 aliphatic rings. The Morgan fingerprint density at radius 2 is 1.74 bits per heavy atom. The molecule has 0 spiro atoms. The van der Waals surface area contributed by atoms with Crippen LogP contribution >= 0.6 is 0 Å². The maximum Gasteiger partial charge on any atom is 0.416 e. The van der Waals surface area contributed by atoms with Gasteiger partial charge in [-0.25, -0.2) is 4.90 Å². The Hall–Kier alpha value is -3.13. The number of carbonyl (C=O) groups excluding carboxylic acids is 2. The highest BCUT2D eigenvalue weighted by Crippen LogP contribution is 2.38. The Bertz CT molecular complexity index is 1030. The van der Waals surface area contributed by atoms with Crippen LogP contribution in [-0.2, 0) is 15.8 Å². The number of aliphatic hydroxyl groups is 1. The summed E-state index contributed by atoms with van der Waals surface area (Å²) in [7, 11) is 0. The van der Waals surface area contributed by atoms with E-state index >= 15 is 0 Å². The van der Waals surface area contributed by atoms with Gasteiger partial charge in [0.15, 0.2) is 0 Å². The van der Waals surface area contributed by atoms with Crippen molar-refractivity contribution in [1.29, 1.82) is 0 Å². The molecule has 2 amide bonds. The Kier molecular flexibility index (Phi) is 5.58. The van der Waals surface area contributed by atoms with Crippen LogP contribution in [0.3, 0.4) is 0 Å². The molecule has 1 saturated heterocycles. The molecule has 1 unspecified atom stereocenters.